The quantitative estimate of drug-likeness (QED) is 0.183. The number of nitrogens with one attached hydrogen (secondary N) is 1. The van der Waals surface area contributed by atoms with Gasteiger partial charge in [-0.3, -0.25) is 4.99 Å². The zero-order chi connectivity index (χ0) is 19.9. The first kappa shape index (κ1) is 24.0. The van der Waals surface area contributed by atoms with E-state index in [-0.39, 0.29) is 24.0 Å². The van der Waals surface area contributed by atoms with Crippen LogP contribution in [0.15, 0.2) is 34.4 Å². The molecule has 8 heteroatoms. The van der Waals surface area contributed by atoms with Crippen molar-refractivity contribution in [2.24, 2.45) is 10.9 Å². The van der Waals surface area contributed by atoms with E-state index < -0.39 is 0 Å². The number of aromatic nitrogens is 3. The topological polar surface area (TPSA) is 58.3 Å². The summed E-state index contributed by atoms with van der Waals surface area (Å²) in [5.74, 6) is 2.64. The lowest BCUT2D eigenvalue weighted by atomic mass is 10.2. The third-order valence-corrected chi connectivity index (χ3v) is 5.49. The molecule has 6 nitrogen and oxygen atoms in total. The summed E-state index contributed by atoms with van der Waals surface area (Å²) in [5.41, 5.74) is 2.68. The van der Waals surface area contributed by atoms with Gasteiger partial charge in [0.25, 0.3) is 0 Å². The van der Waals surface area contributed by atoms with Crippen LogP contribution in [0.2, 0.25) is 0 Å². The van der Waals surface area contributed by atoms with E-state index in [1.54, 1.807) is 11.8 Å². The maximum atomic E-state index is 4.90. The summed E-state index contributed by atoms with van der Waals surface area (Å²) in [4.78, 5) is 7.21. The van der Waals surface area contributed by atoms with Crippen molar-refractivity contribution in [1.82, 2.24) is 20.1 Å². The van der Waals surface area contributed by atoms with Gasteiger partial charge in [-0.2, -0.15) is 0 Å². The third kappa shape index (κ3) is 6.10. The van der Waals surface area contributed by atoms with Gasteiger partial charge in [0.1, 0.15) is 5.82 Å². The Balaban J connectivity index is 0.00000300. The van der Waals surface area contributed by atoms with Gasteiger partial charge in [0.05, 0.1) is 0 Å². The number of anilines is 1. The predicted octanol–water partition coefficient (Wildman–Crippen LogP) is 4.23. The molecular weight excluding hydrogens is 495 g/mol. The van der Waals surface area contributed by atoms with Crippen LogP contribution in [0.5, 0.6) is 0 Å². The summed E-state index contributed by atoms with van der Waals surface area (Å²) in [5, 5.41) is 13.2. The van der Waals surface area contributed by atoms with Crippen LogP contribution < -0.4 is 10.2 Å². The van der Waals surface area contributed by atoms with Gasteiger partial charge in [-0.05, 0) is 43.6 Å². The van der Waals surface area contributed by atoms with Crippen molar-refractivity contribution in [1.29, 1.82) is 0 Å². The maximum absolute atomic E-state index is 4.90. The van der Waals surface area contributed by atoms with Crippen LogP contribution in [0.1, 0.15) is 38.6 Å². The van der Waals surface area contributed by atoms with E-state index in [0.29, 0.717) is 5.92 Å². The molecule has 1 aromatic heterocycles. The normalized spacial score (nSPS) is 13.6. The van der Waals surface area contributed by atoms with Gasteiger partial charge in [0.15, 0.2) is 11.1 Å². The fourth-order valence-corrected chi connectivity index (χ4v) is 4.10. The molecule has 1 aliphatic rings. The van der Waals surface area contributed by atoms with E-state index in [1.807, 2.05) is 0 Å². The lowest BCUT2D eigenvalue weighted by molar-refractivity contribution is 0.477. The minimum absolute atomic E-state index is 0. The highest BCUT2D eigenvalue weighted by Gasteiger charge is 2.22. The molecule has 29 heavy (non-hydrogen) atoms. The van der Waals surface area contributed by atoms with Crippen LogP contribution in [-0.2, 0) is 19.4 Å². The second kappa shape index (κ2) is 11.8. The first-order chi connectivity index (χ1) is 13.6. The van der Waals surface area contributed by atoms with E-state index in [0.717, 1.165) is 62.4 Å². The van der Waals surface area contributed by atoms with Crippen LogP contribution in [0.4, 0.5) is 5.69 Å². The van der Waals surface area contributed by atoms with Crippen molar-refractivity contribution < 1.29 is 0 Å². The molecule has 160 valence electrons. The summed E-state index contributed by atoms with van der Waals surface area (Å²) >= 11 is 1.66. The number of fused-ring (bicyclic) bond motifs is 1. The Morgan fingerprint density at radius 2 is 2.07 bits per heavy atom. The monoisotopic (exact) mass is 528 g/mol. The summed E-state index contributed by atoms with van der Waals surface area (Å²) in [6.07, 6.45) is 5.01. The zero-order valence-electron chi connectivity index (χ0n) is 17.9. The number of aliphatic imine (C=N–C) groups is 1. The smallest absolute Gasteiger partial charge is 0.198 e. The summed E-state index contributed by atoms with van der Waals surface area (Å²) in [7, 11) is 0. The second-order valence-electron chi connectivity index (χ2n) is 7.48. The average Bonchev–Trinajstić information content (AvgIpc) is 3.28. The molecule has 3 rings (SSSR count). The Bertz CT molecular complexity index is 804. The minimum atomic E-state index is 0. The summed E-state index contributed by atoms with van der Waals surface area (Å²) in [6, 6.07) is 8.62. The van der Waals surface area contributed by atoms with E-state index >= 15 is 0 Å². The van der Waals surface area contributed by atoms with Gasteiger partial charge in [0.2, 0.25) is 0 Å². The average molecular weight is 529 g/mol. The van der Waals surface area contributed by atoms with Gasteiger partial charge < -0.3 is 14.8 Å². The van der Waals surface area contributed by atoms with Gasteiger partial charge in [-0.25, -0.2) is 0 Å². The molecule has 0 saturated heterocycles. The van der Waals surface area contributed by atoms with Crippen molar-refractivity contribution in [2.45, 2.75) is 51.7 Å². The molecular formula is C21H33IN6S. The number of guanidine groups is 1. The Labute approximate surface area is 196 Å². The minimum Gasteiger partial charge on any atom is -0.356 e. The van der Waals surface area contributed by atoms with Crippen LogP contribution in [0.3, 0.4) is 0 Å². The molecule has 0 radical (unpaired) electrons. The van der Waals surface area contributed by atoms with Gasteiger partial charge >= 0.3 is 0 Å². The standard InChI is InChI=1S/C21H32N6S.HI/c1-5-22-20(26-14-12-17-9-6-7-10-18(17)26)23-13-8-11-19-24-25-21(28-4)27(19)15-16(2)3;/h6-7,9-10,16H,5,8,11-15H2,1-4H3,(H,22,23);1H. The number of hydrogen-bond acceptors (Lipinski definition) is 4. The van der Waals surface area contributed by atoms with Crippen molar-refractivity contribution in [3.05, 3.63) is 35.7 Å². The number of thioether (sulfide) groups is 1. The molecule has 0 saturated carbocycles. The molecule has 0 bridgehead atoms. The number of para-hydroxylation sites is 1. The fraction of sp³-hybridized carbons (Fsp3) is 0.571. The van der Waals surface area contributed by atoms with Gasteiger partial charge in [-0.1, -0.05) is 43.8 Å². The Morgan fingerprint density at radius 1 is 1.28 bits per heavy atom. The molecule has 1 aromatic carbocycles. The van der Waals surface area contributed by atoms with E-state index in [4.69, 9.17) is 4.99 Å². The van der Waals surface area contributed by atoms with Gasteiger partial charge in [0, 0.05) is 38.3 Å². The molecule has 0 fully saturated rings. The van der Waals surface area contributed by atoms with Crippen molar-refractivity contribution >= 4 is 47.4 Å². The van der Waals surface area contributed by atoms with E-state index in [2.05, 4.69) is 76.3 Å². The van der Waals surface area contributed by atoms with Crippen LogP contribution >= 0.6 is 35.7 Å². The van der Waals surface area contributed by atoms with Gasteiger partial charge in [-0.15, -0.1) is 34.2 Å². The number of nitrogens with zero attached hydrogens (tertiary/aromatic N) is 5. The van der Waals surface area contributed by atoms with E-state index in [1.165, 1.54) is 11.3 Å². The van der Waals surface area contributed by atoms with Crippen molar-refractivity contribution in [2.75, 3.05) is 30.8 Å². The lowest BCUT2D eigenvalue weighted by Gasteiger charge is -2.22. The largest absolute Gasteiger partial charge is 0.356 e. The Kier molecular flexibility index (Phi) is 9.74. The highest BCUT2D eigenvalue weighted by Crippen LogP contribution is 2.27. The highest BCUT2D eigenvalue weighted by molar-refractivity contribution is 14.0. The predicted molar refractivity (Wildman–Crippen MR) is 134 cm³/mol. The number of aryl methyl sites for hydroxylation is 1. The maximum Gasteiger partial charge on any atom is 0.198 e. The molecule has 2 heterocycles. The SMILES string of the molecule is CCNC(=NCCCc1nnc(SC)n1CC(C)C)N1CCc2ccccc21.I. The second-order valence-corrected chi connectivity index (χ2v) is 8.25. The van der Waals surface area contributed by atoms with Crippen molar-refractivity contribution in [3.8, 4) is 0 Å². The van der Waals surface area contributed by atoms with E-state index in [9.17, 15) is 0 Å². The first-order valence-corrected chi connectivity index (χ1v) is 11.5. The number of benzene rings is 1. The Morgan fingerprint density at radius 3 is 2.79 bits per heavy atom. The fourth-order valence-electron chi connectivity index (χ4n) is 3.58. The summed E-state index contributed by atoms with van der Waals surface area (Å²) < 4.78 is 2.26. The highest BCUT2D eigenvalue weighted by atomic mass is 127. The molecule has 0 aliphatic carbocycles. The number of rotatable bonds is 8. The van der Waals surface area contributed by atoms with Crippen molar-refractivity contribution in [3.63, 3.8) is 0 Å². The molecule has 0 spiro atoms. The van der Waals surface area contributed by atoms with Crippen LogP contribution in [0, 0.1) is 5.92 Å². The number of hydrogen-bond donors (Lipinski definition) is 1. The molecule has 2 aromatic rings. The molecule has 0 unspecified atom stereocenters. The lowest BCUT2D eigenvalue weighted by Crippen LogP contribution is -2.40. The van der Waals surface area contributed by atoms with Crippen LogP contribution in [0.25, 0.3) is 0 Å². The molecule has 1 N–H and O–H groups in total. The zero-order valence-corrected chi connectivity index (χ0v) is 21.0. The third-order valence-electron chi connectivity index (χ3n) is 4.82. The Hall–Kier alpha value is -1.29. The molecule has 0 atom stereocenters. The number of halogens is 1. The summed E-state index contributed by atoms with van der Waals surface area (Å²) in [6.45, 7) is 10.2. The first-order valence-electron chi connectivity index (χ1n) is 10.2. The molecule has 1 aliphatic heterocycles. The van der Waals surface area contributed by atoms with Crippen LogP contribution in [-0.4, -0.2) is 46.6 Å². The molecule has 0 amide bonds.